The van der Waals surface area contributed by atoms with Crippen molar-refractivity contribution < 1.29 is 9.26 Å². The van der Waals surface area contributed by atoms with Crippen LogP contribution in [0.5, 0.6) is 5.75 Å². The van der Waals surface area contributed by atoms with Gasteiger partial charge in [0.1, 0.15) is 5.75 Å². The Morgan fingerprint density at radius 2 is 2.04 bits per heavy atom. The van der Waals surface area contributed by atoms with Gasteiger partial charge < -0.3 is 9.26 Å². The van der Waals surface area contributed by atoms with Crippen LogP contribution in [0, 0.1) is 6.92 Å². The molecule has 142 valence electrons. The van der Waals surface area contributed by atoms with Gasteiger partial charge in [-0.25, -0.2) is 4.98 Å². The molecule has 0 saturated carbocycles. The summed E-state index contributed by atoms with van der Waals surface area (Å²) in [5, 5.41) is 5.25. The van der Waals surface area contributed by atoms with Gasteiger partial charge in [0.2, 0.25) is 11.7 Å². The molecule has 0 spiro atoms. The smallest absolute Gasteiger partial charge is 0.261 e. The summed E-state index contributed by atoms with van der Waals surface area (Å²) in [7, 11) is 3.33. The molecule has 0 aliphatic heterocycles. The first-order valence-electron chi connectivity index (χ1n) is 8.62. The minimum atomic E-state index is -0.0706. The molecule has 2 heterocycles. The van der Waals surface area contributed by atoms with E-state index < -0.39 is 0 Å². The summed E-state index contributed by atoms with van der Waals surface area (Å²) in [6, 6.07) is 13.1. The van der Waals surface area contributed by atoms with Gasteiger partial charge in [0.25, 0.3) is 5.56 Å². The molecular formula is C20H18N4O3S. The number of rotatable bonds is 5. The maximum absolute atomic E-state index is 12.6. The molecule has 0 bridgehead atoms. The summed E-state index contributed by atoms with van der Waals surface area (Å²) in [6.45, 7) is 1.96. The second kappa shape index (κ2) is 7.47. The third-order valence-electron chi connectivity index (χ3n) is 4.31. The van der Waals surface area contributed by atoms with E-state index in [0.29, 0.717) is 33.5 Å². The van der Waals surface area contributed by atoms with Crippen LogP contribution in [-0.2, 0) is 12.8 Å². The molecule has 7 nitrogen and oxygen atoms in total. The van der Waals surface area contributed by atoms with Gasteiger partial charge in [-0.1, -0.05) is 40.7 Å². The maximum Gasteiger partial charge on any atom is 0.261 e. The Labute approximate surface area is 165 Å². The van der Waals surface area contributed by atoms with Crippen LogP contribution in [0.25, 0.3) is 22.3 Å². The third-order valence-corrected chi connectivity index (χ3v) is 5.33. The van der Waals surface area contributed by atoms with Gasteiger partial charge in [0, 0.05) is 12.6 Å². The van der Waals surface area contributed by atoms with E-state index in [2.05, 4.69) is 15.1 Å². The van der Waals surface area contributed by atoms with Crippen molar-refractivity contribution in [3.63, 3.8) is 0 Å². The van der Waals surface area contributed by atoms with E-state index in [1.54, 1.807) is 18.7 Å². The third kappa shape index (κ3) is 3.50. The van der Waals surface area contributed by atoms with Crippen molar-refractivity contribution in [3.05, 3.63) is 64.3 Å². The minimum absolute atomic E-state index is 0.0706. The summed E-state index contributed by atoms with van der Waals surface area (Å²) in [5.74, 6) is 2.09. The number of hydrogen-bond acceptors (Lipinski definition) is 7. The van der Waals surface area contributed by atoms with Crippen LogP contribution in [0.3, 0.4) is 0 Å². The molecule has 0 amide bonds. The van der Waals surface area contributed by atoms with E-state index in [-0.39, 0.29) is 5.56 Å². The fraction of sp³-hybridized carbons (Fsp3) is 0.200. The molecule has 2 aromatic heterocycles. The van der Waals surface area contributed by atoms with E-state index in [1.807, 2.05) is 49.4 Å². The van der Waals surface area contributed by atoms with Crippen LogP contribution in [0.4, 0.5) is 0 Å². The number of methoxy groups -OCH3 is 1. The Bertz CT molecular complexity index is 1220. The van der Waals surface area contributed by atoms with Crippen molar-refractivity contribution >= 4 is 22.7 Å². The normalized spacial score (nSPS) is 11.1. The van der Waals surface area contributed by atoms with Crippen molar-refractivity contribution in [1.29, 1.82) is 0 Å². The number of aromatic nitrogens is 4. The SMILES string of the molecule is COc1cccc(-c2noc(CSc3nc4ccc(C)cc4c(=O)n3C)n2)c1. The highest BCUT2D eigenvalue weighted by Gasteiger charge is 2.13. The molecule has 0 aliphatic rings. The highest BCUT2D eigenvalue weighted by Crippen LogP contribution is 2.24. The van der Waals surface area contributed by atoms with E-state index in [4.69, 9.17) is 9.26 Å². The van der Waals surface area contributed by atoms with Crippen LogP contribution in [0.2, 0.25) is 0 Å². The number of aryl methyl sites for hydroxylation is 1. The van der Waals surface area contributed by atoms with Crippen LogP contribution >= 0.6 is 11.8 Å². The average molecular weight is 394 g/mol. The zero-order valence-corrected chi connectivity index (χ0v) is 16.5. The molecule has 4 aromatic rings. The molecule has 8 heteroatoms. The molecule has 2 aromatic carbocycles. The van der Waals surface area contributed by atoms with Crippen molar-refractivity contribution in [2.75, 3.05) is 7.11 Å². The van der Waals surface area contributed by atoms with E-state index >= 15 is 0 Å². The molecule has 4 rings (SSSR count). The Morgan fingerprint density at radius 3 is 2.86 bits per heavy atom. The van der Waals surface area contributed by atoms with E-state index in [9.17, 15) is 4.79 Å². The van der Waals surface area contributed by atoms with Gasteiger partial charge in [0.15, 0.2) is 5.16 Å². The number of fused-ring (bicyclic) bond motifs is 1. The molecule has 28 heavy (non-hydrogen) atoms. The number of hydrogen-bond donors (Lipinski definition) is 0. The number of thioether (sulfide) groups is 1. The van der Waals surface area contributed by atoms with Gasteiger partial charge in [-0.05, 0) is 31.2 Å². The summed E-state index contributed by atoms with van der Waals surface area (Å²) < 4.78 is 12.1. The van der Waals surface area contributed by atoms with Gasteiger partial charge in [-0.2, -0.15) is 4.98 Å². The van der Waals surface area contributed by atoms with Crippen molar-refractivity contribution in [3.8, 4) is 17.1 Å². The zero-order valence-electron chi connectivity index (χ0n) is 15.7. The highest BCUT2D eigenvalue weighted by molar-refractivity contribution is 7.98. The Balaban J connectivity index is 1.57. The van der Waals surface area contributed by atoms with Gasteiger partial charge >= 0.3 is 0 Å². The van der Waals surface area contributed by atoms with Crippen LogP contribution in [0.15, 0.2) is 56.9 Å². The molecule has 0 unspecified atom stereocenters. The molecule has 0 radical (unpaired) electrons. The van der Waals surface area contributed by atoms with Crippen LogP contribution in [0.1, 0.15) is 11.5 Å². The number of ether oxygens (including phenoxy) is 1. The van der Waals surface area contributed by atoms with Gasteiger partial charge in [-0.3, -0.25) is 9.36 Å². The lowest BCUT2D eigenvalue weighted by atomic mass is 10.2. The summed E-state index contributed by atoms with van der Waals surface area (Å²) in [5.41, 5.74) is 2.45. The molecule has 0 N–H and O–H groups in total. The van der Waals surface area contributed by atoms with Crippen LogP contribution in [-0.4, -0.2) is 26.8 Å². The minimum Gasteiger partial charge on any atom is -0.497 e. The Morgan fingerprint density at radius 1 is 1.18 bits per heavy atom. The topological polar surface area (TPSA) is 83.0 Å². The predicted molar refractivity (Wildman–Crippen MR) is 108 cm³/mol. The summed E-state index contributed by atoms with van der Waals surface area (Å²) in [4.78, 5) is 21.6. The van der Waals surface area contributed by atoms with Gasteiger partial charge in [-0.15, -0.1) is 0 Å². The quantitative estimate of drug-likeness (QED) is 0.378. The van der Waals surface area contributed by atoms with Crippen molar-refractivity contribution in [2.45, 2.75) is 17.8 Å². The summed E-state index contributed by atoms with van der Waals surface area (Å²) >= 11 is 1.38. The number of benzene rings is 2. The van der Waals surface area contributed by atoms with Crippen molar-refractivity contribution in [1.82, 2.24) is 19.7 Å². The van der Waals surface area contributed by atoms with Crippen molar-refractivity contribution in [2.24, 2.45) is 7.05 Å². The molecule has 0 saturated heterocycles. The monoisotopic (exact) mass is 394 g/mol. The van der Waals surface area contributed by atoms with Crippen LogP contribution < -0.4 is 10.3 Å². The second-order valence-corrected chi connectivity index (χ2v) is 7.25. The fourth-order valence-corrected chi connectivity index (χ4v) is 3.62. The lowest BCUT2D eigenvalue weighted by molar-refractivity contribution is 0.391. The Hall–Kier alpha value is -3.13. The second-order valence-electron chi connectivity index (χ2n) is 6.31. The summed E-state index contributed by atoms with van der Waals surface area (Å²) in [6.07, 6.45) is 0. The molecular weight excluding hydrogens is 376 g/mol. The maximum atomic E-state index is 12.6. The molecule has 0 aliphatic carbocycles. The first kappa shape index (κ1) is 18.2. The molecule has 0 atom stereocenters. The lowest BCUT2D eigenvalue weighted by Gasteiger charge is -2.08. The van der Waals surface area contributed by atoms with Gasteiger partial charge in [0.05, 0.1) is 23.8 Å². The number of nitrogens with zero attached hydrogens (tertiary/aromatic N) is 4. The predicted octanol–water partition coefficient (Wildman–Crippen LogP) is 3.59. The highest BCUT2D eigenvalue weighted by atomic mass is 32.2. The van der Waals surface area contributed by atoms with E-state index in [0.717, 1.165) is 16.9 Å². The van der Waals surface area contributed by atoms with E-state index in [1.165, 1.54) is 11.8 Å². The zero-order chi connectivity index (χ0) is 19.7. The largest absolute Gasteiger partial charge is 0.497 e. The first-order chi connectivity index (χ1) is 13.5. The lowest BCUT2D eigenvalue weighted by Crippen LogP contribution is -2.20. The average Bonchev–Trinajstić information content (AvgIpc) is 3.19. The first-order valence-corrected chi connectivity index (χ1v) is 9.61. The molecule has 0 fully saturated rings. The standard InChI is InChI=1S/C20H18N4O3S/c1-12-7-8-16-15(9-12)19(25)24(2)20(21-16)28-11-17-22-18(23-27-17)13-5-4-6-14(10-13)26-3/h4-10H,11H2,1-3H3. The fourth-order valence-electron chi connectivity index (χ4n) is 2.81. The Kier molecular flexibility index (Phi) is 4.87.